The van der Waals surface area contributed by atoms with Crippen molar-refractivity contribution in [2.24, 2.45) is 0 Å². The molecular formula is C33H30N2O6. The molecule has 4 rings (SSSR count). The van der Waals surface area contributed by atoms with Crippen LogP contribution in [0.2, 0.25) is 0 Å². The number of amides is 2. The van der Waals surface area contributed by atoms with Crippen LogP contribution in [-0.2, 0) is 32.1 Å². The number of rotatable bonds is 12. The second-order valence-electron chi connectivity index (χ2n) is 9.18. The molecule has 8 nitrogen and oxygen atoms in total. The summed E-state index contributed by atoms with van der Waals surface area (Å²) in [5.41, 5.74) is 2.46. The van der Waals surface area contributed by atoms with Crippen LogP contribution in [0.1, 0.15) is 33.2 Å². The number of ether oxygens (including phenoxy) is 2. The Morgan fingerprint density at radius 3 is 1.80 bits per heavy atom. The summed E-state index contributed by atoms with van der Waals surface area (Å²) in [7, 11) is 0. The Morgan fingerprint density at radius 2 is 1.20 bits per heavy atom. The minimum absolute atomic E-state index is 0.0492. The average Bonchev–Trinajstić information content (AvgIpc) is 3.02. The van der Waals surface area contributed by atoms with Crippen LogP contribution < -0.4 is 10.6 Å². The first-order valence-corrected chi connectivity index (χ1v) is 13.1. The van der Waals surface area contributed by atoms with E-state index in [1.54, 1.807) is 60.7 Å². The molecule has 0 bridgehead atoms. The van der Waals surface area contributed by atoms with E-state index in [9.17, 15) is 19.2 Å². The molecule has 0 fully saturated rings. The molecule has 0 aliphatic heterocycles. The van der Waals surface area contributed by atoms with E-state index >= 15 is 0 Å². The number of hydrogen-bond donors (Lipinski definition) is 2. The molecule has 0 aromatic heterocycles. The molecule has 8 heteroatoms. The lowest BCUT2D eigenvalue weighted by molar-refractivity contribution is -0.151. The maximum Gasteiger partial charge on any atom is 0.407 e. The van der Waals surface area contributed by atoms with E-state index in [0.29, 0.717) is 11.1 Å². The second-order valence-corrected chi connectivity index (χ2v) is 9.18. The standard InChI is InChI=1S/C33H30N2O6/c36-29(22-34-33(39)40-23-25-15-7-2-8-16-25)35-28(21-24-13-5-1-6-14-24)32(38)41-31(27-19-11-4-12-20-27)30(37)26-17-9-3-10-18-26/h1-20,28,31H,21-23H2,(H,34,39)(H,35,36)/t28-,31?/m0/s1. The molecule has 2 N–H and O–H groups in total. The van der Waals surface area contributed by atoms with E-state index in [-0.39, 0.29) is 13.0 Å². The topological polar surface area (TPSA) is 111 Å². The molecule has 2 atom stereocenters. The van der Waals surface area contributed by atoms with E-state index in [4.69, 9.17) is 9.47 Å². The monoisotopic (exact) mass is 550 g/mol. The summed E-state index contributed by atoms with van der Waals surface area (Å²) in [6, 6.07) is 34.4. The molecule has 0 aliphatic carbocycles. The normalized spacial score (nSPS) is 11.9. The zero-order valence-electron chi connectivity index (χ0n) is 22.3. The molecule has 2 amide bonds. The number of carbonyl (C=O) groups excluding carboxylic acids is 4. The summed E-state index contributed by atoms with van der Waals surface area (Å²) in [6.07, 6.45) is -1.87. The van der Waals surface area contributed by atoms with Gasteiger partial charge in [0.1, 0.15) is 19.2 Å². The van der Waals surface area contributed by atoms with Crippen LogP contribution in [0.15, 0.2) is 121 Å². The van der Waals surface area contributed by atoms with Gasteiger partial charge in [0.2, 0.25) is 11.7 Å². The highest BCUT2D eigenvalue weighted by atomic mass is 16.6. The summed E-state index contributed by atoms with van der Waals surface area (Å²) in [5.74, 6) is -1.80. The molecule has 0 saturated heterocycles. The average molecular weight is 551 g/mol. The zero-order chi connectivity index (χ0) is 28.9. The van der Waals surface area contributed by atoms with Gasteiger partial charge in [-0.1, -0.05) is 121 Å². The molecule has 208 valence electrons. The highest BCUT2D eigenvalue weighted by molar-refractivity contribution is 6.01. The predicted molar refractivity (Wildman–Crippen MR) is 153 cm³/mol. The van der Waals surface area contributed by atoms with Crippen molar-refractivity contribution < 1.29 is 28.7 Å². The molecule has 4 aromatic rings. The summed E-state index contributed by atoms with van der Waals surface area (Å²) in [6.45, 7) is -0.370. The molecule has 41 heavy (non-hydrogen) atoms. The lowest BCUT2D eigenvalue weighted by Crippen LogP contribution is -2.47. The maximum atomic E-state index is 13.5. The molecular weight excluding hydrogens is 520 g/mol. The Kier molecular flexibility index (Phi) is 10.4. The number of alkyl carbamates (subject to hydrolysis) is 1. The third kappa shape index (κ3) is 8.90. The molecule has 1 unspecified atom stereocenters. The second kappa shape index (κ2) is 14.8. The van der Waals surface area contributed by atoms with Gasteiger partial charge in [0.25, 0.3) is 0 Å². The van der Waals surface area contributed by atoms with Crippen molar-refractivity contribution in [3.05, 3.63) is 144 Å². The number of Topliss-reactive ketones (excluding diaryl/α,β-unsaturated/α-hetero) is 1. The fourth-order valence-electron chi connectivity index (χ4n) is 4.07. The van der Waals surface area contributed by atoms with Crippen molar-refractivity contribution in [2.45, 2.75) is 25.2 Å². The van der Waals surface area contributed by atoms with Crippen LogP contribution in [0.3, 0.4) is 0 Å². The summed E-state index contributed by atoms with van der Waals surface area (Å²) < 4.78 is 10.9. The minimum Gasteiger partial charge on any atom is -0.447 e. The van der Waals surface area contributed by atoms with Gasteiger partial charge in [-0.25, -0.2) is 9.59 Å². The highest BCUT2D eigenvalue weighted by Gasteiger charge is 2.31. The predicted octanol–water partition coefficient (Wildman–Crippen LogP) is 4.81. The number of nitrogens with one attached hydrogen (secondary N) is 2. The maximum absolute atomic E-state index is 13.5. The molecule has 0 saturated carbocycles. The van der Waals surface area contributed by atoms with Crippen molar-refractivity contribution in [1.82, 2.24) is 10.6 Å². The van der Waals surface area contributed by atoms with Gasteiger partial charge in [0.05, 0.1) is 0 Å². The molecule has 0 heterocycles. The fourth-order valence-corrected chi connectivity index (χ4v) is 4.07. The Morgan fingerprint density at radius 1 is 0.659 bits per heavy atom. The van der Waals surface area contributed by atoms with Gasteiger partial charge in [-0.2, -0.15) is 0 Å². The van der Waals surface area contributed by atoms with Crippen molar-refractivity contribution >= 4 is 23.8 Å². The summed E-state index contributed by atoms with van der Waals surface area (Å²) >= 11 is 0. The van der Waals surface area contributed by atoms with Crippen molar-refractivity contribution in [2.75, 3.05) is 6.54 Å². The highest BCUT2D eigenvalue weighted by Crippen LogP contribution is 2.23. The molecule has 0 aliphatic rings. The van der Waals surface area contributed by atoms with Gasteiger partial charge in [0.15, 0.2) is 6.10 Å². The SMILES string of the molecule is O=C(CNC(=O)OCc1ccccc1)N[C@@H](Cc1ccccc1)C(=O)OC(C(=O)c1ccccc1)c1ccccc1. The lowest BCUT2D eigenvalue weighted by atomic mass is 9.99. The Hall–Kier alpha value is -5.24. The smallest absolute Gasteiger partial charge is 0.407 e. The van der Waals surface area contributed by atoms with Crippen LogP contribution in [0, 0.1) is 0 Å². The molecule has 0 spiro atoms. The Bertz CT molecular complexity index is 1430. The van der Waals surface area contributed by atoms with Crippen molar-refractivity contribution in [3.63, 3.8) is 0 Å². The van der Waals surface area contributed by atoms with E-state index in [2.05, 4.69) is 10.6 Å². The van der Waals surface area contributed by atoms with Gasteiger partial charge in [0, 0.05) is 17.5 Å². The molecule has 0 radical (unpaired) electrons. The zero-order valence-corrected chi connectivity index (χ0v) is 22.3. The van der Waals surface area contributed by atoms with Gasteiger partial charge < -0.3 is 20.1 Å². The van der Waals surface area contributed by atoms with Crippen LogP contribution in [0.4, 0.5) is 4.79 Å². The van der Waals surface area contributed by atoms with E-state index < -0.39 is 42.4 Å². The number of hydrogen-bond acceptors (Lipinski definition) is 6. The Labute approximate surface area is 238 Å². The van der Waals surface area contributed by atoms with E-state index in [1.165, 1.54) is 0 Å². The van der Waals surface area contributed by atoms with Gasteiger partial charge in [-0.05, 0) is 11.1 Å². The van der Waals surface area contributed by atoms with Crippen LogP contribution >= 0.6 is 0 Å². The number of carbonyl (C=O) groups is 4. The summed E-state index contributed by atoms with van der Waals surface area (Å²) in [5, 5.41) is 5.02. The lowest BCUT2D eigenvalue weighted by Gasteiger charge is -2.23. The van der Waals surface area contributed by atoms with Crippen molar-refractivity contribution in [3.8, 4) is 0 Å². The first-order valence-electron chi connectivity index (χ1n) is 13.1. The summed E-state index contributed by atoms with van der Waals surface area (Å²) in [4.78, 5) is 51.8. The van der Waals surface area contributed by atoms with Gasteiger partial charge in [-0.3, -0.25) is 9.59 Å². The Balaban J connectivity index is 1.44. The molecule has 4 aromatic carbocycles. The third-order valence-corrected chi connectivity index (χ3v) is 6.14. The largest absolute Gasteiger partial charge is 0.447 e. The number of ketones is 1. The third-order valence-electron chi connectivity index (χ3n) is 6.14. The van der Waals surface area contributed by atoms with Gasteiger partial charge >= 0.3 is 12.1 Å². The first kappa shape index (κ1) is 28.8. The van der Waals surface area contributed by atoms with E-state index in [1.807, 2.05) is 60.7 Å². The number of esters is 1. The van der Waals surface area contributed by atoms with Crippen LogP contribution in [-0.4, -0.2) is 36.3 Å². The van der Waals surface area contributed by atoms with Crippen LogP contribution in [0.25, 0.3) is 0 Å². The quantitative estimate of drug-likeness (QED) is 0.194. The first-order chi connectivity index (χ1) is 20.0. The minimum atomic E-state index is -1.22. The fraction of sp³-hybridized carbons (Fsp3) is 0.152. The van der Waals surface area contributed by atoms with Crippen molar-refractivity contribution in [1.29, 1.82) is 0 Å². The van der Waals surface area contributed by atoms with Gasteiger partial charge in [-0.15, -0.1) is 0 Å². The van der Waals surface area contributed by atoms with E-state index in [0.717, 1.165) is 11.1 Å². The number of benzene rings is 4. The van der Waals surface area contributed by atoms with Crippen LogP contribution in [0.5, 0.6) is 0 Å².